The van der Waals surface area contributed by atoms with Gasteiger partial charge in [0.25, 0.3) is 5.91 Å². The molecule has 3 saturated heterocycles. The number of hydrogen-bond acceptors (Lipinski definition) is 6. The van der Waals surface area contributed by atoms with Crippen LogP contribution in [-0.2, 0) is 4.79 Å². The molecule has 0 bridgehead atoms. The van der Waals surface area contributed by atoms with Gasteiger partial charge < -0.3 is 14.9 Å². The standard InChI is InChI=1S/C19H27N5O3/c1-13-11-23(14-7-4-3-5-8-14)18-20-16-15(24(18)12-13)17(26)22(9-6-10-25)19(27)21(16)2/h3-5,7-8,13,15-16,18,20,25H,6,9-12H2,1-2H3. The smallest absolute Gasteiger partial charge is 0.327 e. The number of anilines is 1. The summed E-state index contributed by atoms with van der Waals surface area (Å²) in [5.74, 6) is 0.220. The summed E-state index contributed by atoms with van der Waals surface area (Å²) >= 11 is 0. The quantitative estimate of drug-likeness (QED) is 0.791. The number of para-hydroxylation sites is 1. The van der Waals surface area contributed by atoms with Gasteiger partial charge in [-0.2, -0.15) is 0 Å². The lowest BCUT2D eigenvalue weighted by Gasteiger charge is -2.46. The van der Waals surface area contributed by atoms with Crippen molar-refractivity contribution in [1.82, 2.24) is 20.0 Å². The van der Waals surface area contributed by atoms with Crippen molar-refractivity contribution in [2.45, 2.75) is 31.8 Å². The third-order valence-corrected chi connectivity index (χ3v) is 5.71. The fourth-order valence-corrected chi connectivity index (χ4v) is 4.47. The molecule has 4 rings (SSSR count). The minimum Gasteiger partial charge on any atom is -0.396 e. The van der Waals surface area contributed by atoms with E-state index in [9.17, 15) is 9.59 Å². The molecule has 0 spiro atoms. The number of nitrogens with one attached hydrogen (secondary N) is 1. The fraction of sp³-hybridized carbons (Fsp3) is 0.579. The number of carbonyl (C=O) groups excluding carboxylic acids is 2. The Morgan fingerprint density at radius 3 is 2.63 bits per heavy atom. The topological polar surface area (TPSA) is 79.4 Å². The summed E-state index contributed by atoms with van der Waals surface area (Å²) in [5, 5.41) is 12.6. The molecular formula is C19H27N5O3. The largest absolute Gasteiger partial charge is 0.396 e. The first kappa shape index (κ1) is 18.2. The van der Waals surface area contributed by atoms with Crippen molar-refractivity contribution in [3.8, 4) is 0 Å². The summed E-state index contributed by atoms with van der Waals surface area (Å²) in [6.07, 6.45) is -0.0842. The SMILES string of the molecule is CC1CN(c2ccccc2)C2NC3C(C(=O)N(CCCO)C(=O)N3C)N2C1. The highest BCUT2D eigenvalue weighted by molar-refractivity contribution is 6.00. The number of aliphatic hydroxyl groups excluding tert-OH is 1. The van der Waals surface area contributed by atoms with Crippen LogP contribution < -0.4 is 10.2 Å². The zero-order chi connectivity index (χ0) is 19.1. The van der Waals surface area contributed by atoms with Crippen LogP contribution in [0.4, 0.5) is 10.5 Å². The number of amides is 3. The number of likely N-dealkylation sites (N-methyl/N-ethyl adjacent to an activating group) is 1. The van der Waals surface area contributed by atoms with Crippen LogP contribution in [0.5, 0.6) is 0 Å². The molecule has 1 aromatic carbocycles. The maximum atomic E-state index is 13.2. The van der Waals surface area contributed by atoms with Crippen LogP contribution in [0.25, 0.3) is 0 Å². The van der Waals surface area contributed by atoms with Gasteiger partial charge in [-0.15, -0.1) is 0 Å². The molecule has 0 radical (unpaired) electrons. The van der Waals surface area contributed by atoms with E-state index >= 15 is 0 Å². The molecule has 146 valence electrons. The van der Waals surface area contributed by atoms with Gasteiger partial charge in [0.2, 0.25) is 0 Å². The second kappa shape index (κ2) is 7.10. The Balaban J connectivity index is 1.65. The number of rotatable bonds is 4. The highest BCUT2D eigenvalue weighted by atomic mass is 16.3. The summed E-state index contributed by atoms with van der Waals surface area (Å²) < 4.78 is 0. The molecule has 2 N–H and O–H groups in total. The van der Waals surface area contributed by atoms with E-state index in [0.717, 1.165) is 18.8 Å². The number of aliphatic hydroxyl groups is 1. The van der Waals surface area contributed by atoms with Gasteiger partial charge in [-0.25, -0.2) is 4.79 Å². The Hall–Kier alpha value is -2.16. The van der Waals surface area contributed by atoms with E-state index in [1.54, 1.807) is 11.9 Å². The first-order valence-electron chi connectivity index (χ1n) is 9.55. The molecule has 4 atom stereocenters. The first-order chi connectivity index (χ1) is 13.0. The van der Waals surface area contributed by atoms with Crippen LogP contribution in [-0.4, -0.2) is 83.5 Å². The lowest BCUT2D eigenvalue weighted by Crippen LogP contribution is -2.66. The monoisotopic (exact) mass is 373 g/mol. The molecule has 1 aromatic rings. The van der Waals surface area contributed by atoms with E-state index in [-0.39, 0.29) is 37.5 Å². The number of hydrogen-bond donors (Lipinski definition) is 2. The van der Waals surface area contributed by atoms with E-state index in [1.165, 1.54) is 4.90 Å². The second-order valence-corrected chi connectivity index (χ2v) is 7.68. The molecular weight excluding hydrogens is 346 g/mol. The number of nitrogens with zero attached hydrogens (tertiary/aromatic N) is 4. The van der Waals surface area contributed by atoms with E-state index in [2.05, 4.69) is 34.2 Å². The zero-order valence-electron chi connectivity index (χ0n) is 15.8. The Morgan fingerprint density at radius 2 is 1.93 bits per heavy atom. The zero-order valence-corrected chi connectivity index (χ0v) is 15.8. The first-order valence-corrected chi connectivity index (χ1v) is 9.55. The molecule has 0 aliphatic carbocycles. The van der Waals surface area contributed by atoms with Crippen LogP contribution in [0.3, 0.4) is 0 Å². The van der Waals surface area contributed by atoms with Crippen LogP contribution in [0.15, 0.2) is 30.3 Å². The minimum atomic E-state index is -0.412. The average molecular weight is 373 g/mol. The normalized spacial score (nSPS) is 31.3. The predicted molar refractivity (Wildman–Crippen MR) is 101 cm³/mol. The molecule has 0 saturated carbocycles. The molecule has 4 unspecified atom stereocenters. The highest BCUT2D eigenvalue weighted by Crippen LogP contribution is 2.34. The third kappa shape index (κ3) is 2.97. The molecule has 8 heteroatoms. The highest BCUT2D eigenvalue weighted by Gasteiger charge is 2.56. The lowest BCUT2D eigenvalue weighted by atomic mass is 10.0. The van der Waals surface area contributed by atoms with Gasteiger partial charge in [0, 0.05) is 39.0 Å². The maximum Gasteiger partial charge on any atom is 0.327 e. The molecule has 3 aliphatic rings. The number of benzene rings is 1. The number of imide groups is 1. The van der Waals surface area contributed by atoms with E-state index in [1.807, 2.05) is 18.2 Å². The van der Waals surface area contributed by atoms with Crippen molar-refractivity contribution in [3.63, 3.8) is 0 Å². The average Bonchev–Trinajstić information content (AvgIpc) is 3.06. The van der Waals surface area contributed by atoms with Crippen LogP contribution in [0.2, 0.25) is 0 Å². The van der Waals surface area contributed by atoms with Crippen molar-refractivity contribution < 1.29 is 14.7 Å². The Bertz CT molecular complexity index is 715. The molecule has 27 heavy (non-hydrogen) atoms. The third-order valence-electron chi connectivity index (χ3n) is 5.71. The number of urea groups is 1. The van der Waals surface area contributed by atoms with Gasteiger partial charge in [-0.1, -0.05) is 25.1 Å². The summed E-state index contributed by atoms with van der Waals surface area (Å²) in [5.41, 5.74) is 1.10. The maximum absolute atomic E-state index is 13.2. The summed E-state index contributed by atoms with van der Waals surface area (Å²) in [6.45, 7) is 4.07. The van der Waals surface area contributed by atoms with Crippen molar-refractivity contribution in [2.75, 3.05) is 38.2 Å². The van der Waals surface area contributed by atoms with Gasteiger partial charge in [0.15, 0.2) is 0 Å². The molecule has 3 aliphatic heterocycles. The van der Waals surface area contributed by atoms with Crippen molar-refractivity contribution in [3.05, 3.63) is 30.3 Å². The van der Waals surface area contributed by atoms with E-state index in [4.69, 9.17) is 5.11 Å². The van der Waals surface area contributed by atoms with Gasteiger partial charge in [0.05, 0.1) is 0 Å². The van der Waals surface area contributed by atoms with Crippen molar-refractivity contribution in [2.24, 2.45) is 5.92 Å². The molecule has 8 nitrogen and oxygen atoms in total. The molecule has 3 fully saturated rings. The van der Waals surface area contributed by atoms with E-state index < -0.39 is 6.04 Å². The Morgan fingerprint density at radius 1 is 1.19 bits per heavy atom. The Kier molecular flexibility index (Phi) is 4.79. The van der Waals surface area contributed by atoms with Crippen molar-refractivity contribution >= 4 is 17.6 Å². The van der Waals surface area contributed by atoms with Gasteiger partial charge >= 0.3 is 6.03 Å². The van der Waals surface area contributed by atoms with Gasteiger partial charge in [-0.05, 0) is 24.5 Å². The summed E-state index contributed by atoms with van der Waals surface area (Å²) in [4.78, 5) is 33.2. The van der Waals surface area contributed by atoms with Crippen LogP contribution in [0.1, 0.15) is 13.3 Å². The predicted octanol–water partition coefficient (Wildman–Crippen LogP) is 0.303. The number of carbonyl (C=O) groups is 2. The summed E-state index contributed by atoms with van der Waals surface area (Å²) in [7, 11) is 1.74. The fourth-order valence-electron chi connectivity index (χ4n) is 4.47. The number of fused-ring (bicyclic) bond motifs is 3. The van der Waals surface area contributed by atoms with E-state index in [0.29, 0.717) is 12.3 Å². The minimum absolute atomic E-state index is 0.0434. The van der Waals surface area contributed by atoms with Gasteiger partial charge in [0.1, 0.15) is 18.5 Å². The van der Waals surface area contributed by atoms with Crippen LogP contribution >= 0.6 is 0 Å². The Labute approximate surface area is 159 Å². The molecule has 3 amide bonds. The second-order valence-electron chi connectivity index (χ2n) is 7.68. The van der Waals surface area contributed by atoms with Gasteiger partial charge in [-0.3, -0.25) is 19.9 Å². The van der Waals surface area contributed by atoms with Crippen LogP contribution in [0, 0.1) is 5.92 Å². The molecule has 3 heterocycles. The lowest BCUT2D eigenvalue weighted by molar-refractivity contribution is -0.139. The summed E-state index contributed by atoms with van der Waals surface area (Å²) in [6, 6.07) is 9.45. The molecule has 0 aromatic heterocycles. The van der Waals surface area contributed by atoms with Crippen molar-refractivity contribution in [1.29, 1.82) is 0 Å².